The number of benzene rings is 1. The summed E-state index contributed by atoms with van der Waals surface area (Å²) in [6.45, 7) is 4.99. The Morgan fingerprint density at radius 1 is 1.50 bits per heavy atom. The van der Waals surface area contributed by atoms with Gasteiger partial charge in [0.15, 0.2) is 0 Å². The Morgan fingerprint density at radius 2 is 2.22 bits per heavy atom. The molecule has 1 heterocycles. The molecule has 1 unspecified atom stereocenters. The minimum Gasteiger partial charge on any atom is -0.355 e. The molecule has 0 saturated heterocycles. The van der Waals surface area contributed by atoms with Crippen LogP contribution < -0.4 is 5.32 Å². The zero-order valence-electron chi connectivity index (χ0n) is 10.7. The molecule has 0 saturated carbocycles. The molecule has 1 aromatic rings. The van der Waals surface area contributed by atoms with Gasteiger partial charge in [0.25, 0.3) is 0 Å². The summed E-state index contributed by atoms with van der Waals surface area (Å²) in [7, 11) is 0. The maximum absolute atomic E-state index is 12.1. The standard InChI is InChI=1S/C14H18BrNOS/c1-14(2,8-15)9-16-13(17)12-7-10-5-3-4-6-11(10)18-12/h3-6,12H,7-9H2,1-2H3,(H,16,17). The number of fused-ring (bicyclic) bond motifs is 1. The summed E-state index contributed by atoms with van der Waals surface area (Å²) in [4.78, 5) is 13.4. The molecule has 1 atom stereocenters. The number of thioether (sulfide) groups is 1. The average molecular weight is 328 g/mol. The van der Waals surface area contributed by atoms with E-state index in [2.05, 4.69) is 47.2 Å². The summed E-state index contributed by atoms with van der Waals surface area (Å²) in [5, 5.41) is 3.98. The Bertz CT molecular complexity index is 422. The fourth-order valence-corrected chi connectivity index (χ4v) is 3.23. The lowest BCUT2D eigenvalue weighted by molar-refractivity contribution is -0.120. The van der Waals surface area contributed by atoms with E-state index in [4.69, 9.17) is 0 Å². The van der Waals surface area contributed by atoms with E-state index in [0.717, 1.165) is 11.8 Å². The van der Waals surface area contributed by atoms with E-state index < -0.39 is 0 Å². The molecular formula is C14H18BrNOS. The van der Waals surface area contributed by atoms with E-state index in [-0.39, 0.29) is 16.6 Å². The SMILES string of the molecule is CC(C)(CBr)CNC(=O)C1Cc2ccccc2S1. The topological polar surface area (TPSA) is 29.1 Å². The van der Waals surface area contributed by atoms with Crippen LogP contribution in [0.3, 0.4) is 0 Å². The van der Waals surface area contributed by atoms with E-state index in [9.17, 15) is 4.79 Å². The monoisotopic (exact) mass is 327 g/mol. The first-order chi connectivity index (χ1) is 8.52. The molecule has 0 aromatic heterocycles. The minimum absolute atomic E-state index is 0.0357. The van der Waals surface area contributed by atoms with Crippen LogP contribution in [0.5, 0.6) is 0 Å². The number of carbonyl (C=O) groups is 1. The van der Waals surface area contributed by atoms with E-state index in [1.807, 2.05) is 12.1 Å². The molecule has 0 radical (unpaired) electrons. The van der Waals surface area contributed by atoms with Crippen LogP contribution >= 0.6 is 27.7 Å². The first-order valence-corrected chi connectivity index (χ1v) is 8.10. The molecule has 1 aliphatic rings. The number of halogens is 1. The number of carbonyl (C=O) groups excluding carboxylic acids is 1. The van der Waals surface area contributed by atoms with Gasteiger partial charge in [0, 0.05) is 16.8 Å². The second-order valence-corrected chi connectivity index (χ2v) is 7.24. The van der Waals surface area contributed by atoms with Gasteiger partial charge in [0.05, 0.1) is 5.25 Å². The van der Waals surface area contributed by atoms with Gasteiger partial charge in [-0.2, -0.15) is 0 Å². The third-order valence-electron chi connectivity index (χ3n) is 3.04. The second kappa shape index (κ2) is 5.66. The third-order valence-corrected chi connectivity index (χ3v) is 5.88. The molecule has 0 spiro atoms. The van der Waals surface area contributed by atoms with Crippen molar-refractivity contribution in [1.29, 1.82) is 0 Å². The fraction of sp³-hybridized carbons (Fsp3) is 0.500. The van der Waals surface area contributed by atoms with Crippen molar-refractivity contribution in [2.75, 3.05) is 11.9 Å². The lowest BCUT2D eigenvalue weighted by Gasteiger charge is -2.22. The maximum Gasteiger partial charge on any atom is 0.233 e. The van der Waals surface area contributed by atoms with Crippen LogP contribution in [0.1, 0.15) is 19.4 Å². The van der Waals surface area contributed by atoms with Crippen molar-refractivity contribution in [3.05, 3.63) is 29.8 Å². The van der Waals surface area contributed by atoms with E-state index in [1.54, 1.807) is 11.8 Å². The molecule has 2 nitrogen and oxygen atoms in total. The molecule has 0 aliphatic carbocycles. The molecule has 4 heteroatoms. The lowest BCUT2D eigenvalue weighted by Crippen LogP contribution is -2.39. The van der Waals surface area contributed by atoms with Crippen LogP contribution in [0.15, 0.2) is 29.2 Å². The summed E-state index contributed by atoms with van der Waals surface area (Å²) < 4.78 is 0. The zero-order valence-corrected chi connectivity index (χ0v) is 13.1. The van der Waals surface area contributed by atoms with Gasteiger partial charge in [-0.25, -0.2) is 0 Å². The molecule has 0 fully saturated rings. The molecule has 1 aliphatic heterocycles. The molecule has 1 aromatic carbocycles. The summed E-state index contributed by atoms with van der Waals surface area (Å²) in [6.07, 6.45) is 0.849. The average Bonchev–Trinajstić information content (AvgIpc) is 2.80. The van der Waals surface area contributed by atoms with Gasteiger partial charge in [-0.05, 0) is 23.5 Å². The maximum atomic E-state index is 12.1. The van der Waals surface area contributed by atoms with Crippen LogP contribution in [-0.2, 0) is 11.2 Å². The van der Waals surface area contributed by atoms with Crippen molar-refractivity contribution >= 4 is 33.6 Å². The van der Waals surface area contributed by atoms with E-state index in [1.165, 1.54) is 10.5 Å². The van der Waals surface area contributed by atoms with Gasteiger partial charge in [-0.3, -0.25) is 4.79 Å². The van der Waals surface area contributed by atoms with Crippen molar-refractivity contribution in [2.45, 2.75) is 30.4 Å². The van der Waals surface area contributed by atoms with Crippen molar-refractivity contribution in [1.82, 2.24) is 5.32 Å². The Labute approximate surface area is 121 Å². The molecule has 2 rings (SSSR count). The first kappa shape index (κ1) is 13.9. The normalized spacial score (nSPS) is 18.5. The smallest absolute Gasteiger partial charge is 0.233 e. The number of hydrogen-bond donors (Lipinski definition) is 1. The summed E-state index contributed by atoms with van der Waals surface area (Å²) >= 11 is 5.15. The largest absolute Gasteiger partial charge is 0.355 e. The molecule has 18 heavy (non-hydrogen) atoms. The van der Waals surface area contributed by atoms with Gasteiger partial charge in [-0.1, -0.05) is 48.0 Å². The van der Waals surface area contributed by atoms with Crippen molar-refractivity contribution < 1.29 is 4.79 Å². The number of amides is 1. The van der Waals surface area contributed by atoms with Gasteiger partial charge >= 0.3 is 0 Å². The summed E-state index contributed by atoms with van der Waals surface area (Å²) in [6, 6.07) is 8.27. The molecule has 0 bridgehead atoms. The highest BCUT2D eigenvalue weighted by Gasteiger charge is 2.28. The highest BCUT2D eigenvalue weighted by atomic mass is 79.9. The van der Waals surface area contributed by atoms with Crippen molar-refractivity contribution in [2.24, 2.45) is 5.41 Å². The predicted molar refractivity (Wildman–Crippen MR) is 80.4 cm³/mol. The van der Waals surface area contributed by atoms with Crippen LogP contribution in [-0.4, -0.2) is 23.0 Å². The summed E-state index contributed by atoms with van der Waals surface area (Å²) in [5.74, 6) is 0.158. The molecule has 98 valence electrons. The Kier molecular flexibility index (Phi) is 4.38. The van der Waals surface area contributed by atoms with E-state index in [0.29, 0.717) is 6.54 Å². The van der Waals surface area contributed by atoms with Crippen molar-refractivity contribution in [3.63, 3.8) is 0 Å². The van der Waals surface area contributed by atoms with Gasteiger partial charge in [-0.15, -0.1) is 11.8 Å². The van der Waals surface area contributed by atoms with Crippen molar-refractivity contribution in [3.8, 4) is 0 Å². The minimum atomic E-state index is 0.0357. The molecule has 1 N–H and O–H groups in total. The second-order valence-electron chi connectivity index (χ2n) is 5.43. The number of nitrogens with one attached hydrogen (secondary N) is 1. The van der Waals surface area contributed by atoms with Gasteiger partial charge in [0.1, 0.15) is 0 Å². The van der Waals surface area contributed by atoms with Crippen LogP contribution in [0, 0.1) is 5.41 Å². The number of alkyl halides is 1. The number of hydrogen-bond acceptors (Lipinski definition) is 2. The zero-order chi connectivity index (χ0) is 13.2. The van der Waals surface area contributed by atoms with Crippen LogP contribution in [0.4, 0.5) is 0 Å². The Balaban J connectivity index is 1.90. The summed E-state index contributed by atoms with van der Waals surface area (Å²) in [5.41, 5.74) is 1.40. The Hall–Kier alpha value is -0.480. The van der Waals surface area contributed by atoms with Gasteiger partial charge < -0.3 is 5.32 Å². The predicted octanol–water partition coefficient (Wildman–Crippen LogP) is 3.24. The lowest BCUT2D eigenvalue weighted by atomic mass is 9.97. The van der Waals surface area contributed by atoms with Gasteiger partial charge in [0.2, 0.25) is 5.91 Å². The highest BCUT2D eigenvalue weighted by molar-refractivity contribution is 9.09. The van der Waals surface area contributed by atoms with E-state index >= 15 is 0 Å². The molecular weight excluding hydrogens is 310 g/mol. The Morgan fingerprint density at radius 3 is 2.89 bits per heavy atom. The molecule has 1 amide bonds. The fourth-order valence-electron chi connectivity index (χ4n) is 1.82. The third kappa shape index (κ3) is 3.29. The van der Waals surface area contributed by atoms with Crippen LogP contribution in [0.2, 0.25) is 0 Å². The first-order valence-electron chi connectivity index (χ1n) is 6.10. The highest BCUT2D eigenvalue weighted by Crippen LogP contribution is 2.36. The van der Waals surface area contributed by atoms with Crippen LogP contribution in [0.25, 0.3) is 0 Å². The quantitative estimate of drug-likeness (QED) is 0.860. The number of rotatable bonds is 4.